The molecule has 0 saturated heterocycles. The largest absolute Gasteiger partial charge is 0.275 e. The maximum Gasteiger partial charge on any atom is 0.165 e. The van der Waals surface area contributed by atoms with Crippen molar-refractivity contribution >= 4 is 11.6 Å². The van der Waals surface area contributed by atoms with Crippen molar-refractivity contribution in [2.45, 2.75) is 40.0 Å². The minimum atomic E-state index is 0.807. The Morgan fingerprint density at radius 2 is 1.83 bits per heavy atom. The zero-order valence-corrected chi connectivity index (χ0v) is 14.1. The average molecular weight is 305 g/mol. The molecule has 3 heteroatoms. The van der Waals surface area contributed by atoms with Crippen LogP contribution in [-0.4, -0.2) is 14.8 Å². The smallest absolute Gasteiger partial charge is 0.165 e. The second-order valence-electron chi connectivity index (χ2n) is 5.94. The monoisotopic (exact) mass is 305 g/mol. The van der Waals surface area contributed by atoms with Crippen LogP contribution in [0.3, 0.4) is 0 Å². The Bertz CT molecular complexity index is 784. The normalized spacial score (nSPS) is 13.9. The molecular formula is C20H23N3. The van der Waals surface area contributed by atoms with Gasteiger partial charge in [0.25, 0.3) is 0 Å². The summed E-state index contributed by atoms with van der Waals surface area (Å²) in [7, 11) is 0. The maximum atomic E-state index is 4.47. The predicted octanol–water partition coefficient (Wildman–Crippen LogP) is 4.77. The highest BCUT2D eigenvalue weighted by Crippen LogP contribution is 2.31. The number of benzene rings is 1. The van der Waals surface area contributed by atoms with E-state index < -0.39 is 0 Å². The predicted molar refractivity (Wildman–Crippen MR) is 96.6 cm³/mol. The standard InChI is InChI=1S/C20H23N3/c1-5-15-9-8-10-16(6-2)19(15)23-18(7-3)21-22-20(23)17-12-11-14(4)13-17/h7-12H,3,5-6,13H2,1-2,4H3. The van der Waals surface area contributed by atoms with Gasteiger partial charge in [-0.3, -0.25) is 4.57 Å². The summed E-state index contributed by atoms with van der Waals surface area (Å²) in [5.41, 5.74) is 6.43. The Hall–Kier alpha value is -2.42. The van der Waals surface area contributed by atoms with Crippen LogP contribution in [0, 0.1) is 0 Å². The Morgan fingerprint density at radius 3 is 2.35 bits per heavy atom. The lowest BCUT2D eigenvalue weighted by atomic mass is 10.0. The molecule has 3 nitrogen and oxygen atoms in total. The summed E-state index contributed by atoms with van der Waals surface area (Å²) in [5, 5.41) is 8.83. The fraction of sp³-hybridized carbons (Fsp3) is 0.300. The number of para-hydroxylation sites is 1. The van der Waals surface area contributed by atoms with E-state index in [1.54, 1.807) is 6.08 Å². The Balaban J connectivity index is 2.24. The molecule has 0 atom stereocenters. The van der Waals surface area contributed by atoms with E-state index in [1.807, 2.05) is 0 Å². The van der Waals surface area contributed by atoms with Gasteiger partial charge >= 0.3 is 0 Å². The van der Waals surface area contributed by atoms with Gasteiger partial charge in [-0.25, -0.2) is 0 Å². The lowest BCUT2D eigenvalue weighted by molar-refractivity contribution is 0.933. The van der Waals surface area contributed by atoms with Gasteiger partial charge in [0.05, 0.1) is 5.69 Å². The zero-order valence-electron chi connectivity index (χ0n) is 14.1. The molecule has 0 fully saturated rings. The molecule has 0 aliphatic heterocycles. The van der Waals surface area contributed by atoms with Gasteiger partial charge in [-0.15, -0.1) is 10.2 Å². The third-order valence-electron chi connectivity index (χ3n) is 4.38. The topological polar surface area (TPSA) is 30.7 Å². The van der Waals surface area contributed by atoms with Crippen molar-refractivity contribution in [3.05, 3.63) is 65.3 Å². The molecule has 0 saturated carbocycles. The first-order chi connectivity index (χ1) is 11.2. The average Bonchev–Trinajstić information content (AvgIpc) is 3.19. The summed E-state index contributed by atoms with van der Waals surface area (Å²) >= 11 is 0. The van der Waals surface area contributed by atoms with E-state index in [4.69, 9.17) is 0 Å². The van der Waals surface area contributed by atoms with E-state index in [2.05, 4.69) is 72.5 Å². The van der Waals surface area contributed by atoms with Gasteiger partial charge in [-0.2, -0.15) is 0 Å². The molecule has 0 amide bonds. The summed E-state index contributed by atoms with van der Waals surface area (Å²) in [4.78, 5) is 0. The van der Waals surface area contributed by atoms with Crippen molar-refractivity contribution in [2.75, 3.05) is 0 Å². The Morgan fingerprint density at radius 1 is 1.13 bits per heavy atom. The van der Waals surface area contributed by atoms with Crippen molar-refractivity contribution in [2.24, 2.45) is 0 Å². The van der Waals surface area contributed by atoms with Crippen molar-refractivity contribution in [3.63, 3.8) is 0 Å². The fourth-order valence-corrected chi connectivity index (χ4v) is 3.17. The van der Waals surface area contributed by atoms with Crippen LogP contribution in [-0.2, 0) is 12.8 Å². The lowest BCUT2D eigenvalue weighted by Gasteiger charge is -2.17. The van der Waals surface area contributed by atoms with Crippen LogP contribution in [0.2, 0.25) is 0 Å². The fourth-order valence-electron chi connectivity index (χ4n) is 3.17. The van der Waals surface area contributed by atoms with Crippen LogP contribution in [0.1, 0.15) is 50.0 Å². The molecule has 0 spiro atoms. The Labute approximate surface area is 138 Å². The van der Waals surface area contributed by atoms with Gasteiger partial charge in [-0.05, 0) is 43.4 Å². The number of rotatable bonds is 5. The summed E-state index contributed by atoms with van der Waals surface area (Å²) < 4.78 is 2.18. The molecule has 0 unspecified atom stereocenters. The summed E-state index contributed by atoms with van der Waals surface area (Å²) in [6, 6.07) is 6.52. The molecule has 1 aromatic heterocycles. The second-order valence-corrected chi connectivity index (χ2v) is 5.94. The Kier molecular flexibility index (Phi) is 4.28. The van der Waals surface area contributed by atoms with Gasteiger partial charge in [0, 0.05) is 5.57 Å². The molecule has 1 aliphatic carbocycles. The van der Waals surface area contributed by atoms with E-state index in [-0.39, 0.29) is 0 Å². The SMILES string of the molecule is C=Cc1nnc(C2=CC=C(C)C2)n1-c1c(CC)cccc1CC. The summed E-state index contributed by atoms with van der Waals surface area (Å²) in [5.74, 6) is 1.74. The molecular weight excluding hydrogens is 282 g/mol. The van der Waals surface area contributed by atoms with Crippen LogP contribution < -0.4 is 0 Å². The highest BCUT2D eigenvalue weighted by Gasteiger charge is 2.21. The van der Waals surface area contributed by atoms with Gasteiger partial charge in [0.15, 0.2) is 11.6 Å². The van der Waals surface area contributed by atoms with Crippen molar-refractivity contribution in [1.82, 2.24) is 14.8 Å². The number of allylic oxidation sites excluding steroid dienone is 4. The quantitative estimate of drug-likeness (QED) is 0.796. The van der Waals surface area contributed by atoms with Crippen LogP contribution >= 0.6 is 0 Å². The number of nitrogens with zero attached hydrogens (tertiary/aromatic N) is 3. The minimum Gasteiger partial charge on any atom is -0.275 e. The van der Waals surface area contributed by atoms with Gasteiger partial charge < -0.3 is 0 Å². The van der Waals surface area contributed by atoms with Gasteiger partial charge in [0.2, 0.25) is 0 Å². The first-order valence-electron chi connectivity index (χ1n) is 8.25. The van der Waals surface area contributed by atoms with Crippen molar-refractivity contribution in [3.8, 4) is 5.69 Å². The van der Waals surface area contributed by atoms with Crippen LogP contribution in [0.4, 0.5) is 0 Å². The number of hydrogen-bond donors (Lipinski definition) is 0. The van der Waals surface area contributed by atoms with Gasteiger partial charge in [-0.1, -0.05) is 56.4 Å². The zero-order chi connectivity index (χ0) is 16.4. The van der Waals surface area contributed by atoms with Crippen molar-refractivity contribution in [1.29, 1.82) is 0 Å². The second kappa shape index (κ2) is 6.37. The summed E-state index contributed by atoms with van der Waals surface area (Å²) in [6.07, 6.45) is 9.00. The molecule has 2 aromatic rings. The van der Waals surface area contributed by atoms with E-state index >= 15 is 0 Å². The van der Waals surface area contributed by atoms with Crippen LogP contribution in [0.5, 0.6) is 0 Å². The molecule has 1 aromatic carbocycles. The number of aryl methyl sites for hydroxylation is 2. The van der Waals surface area contributed by atoms with Crippen LogP contribution in [0.25, 0.3) is 17.3 Å². The summed E-state index contributed by atoms with van der Waals surface area (Å²) in [6.45, 7) is 10.5. The van der Waals surface area contributed by atoms with E-state index in [1.165, 1.54) is 28.0 Å². The molecule has 3 rings (SSSR count). The van der Waals surface area contributed by atoms with Crippen LogP contribution in [0.15, 0.2) is 42.5 Å². The third kappa shape index (κ3) is 2.67. The molecule has 1 aliphatic rings. The molecule has 0 radical (unpaired) electrons. The van der Waals surface area contributed by atoms with Gasteiger partial charge in [0.1, 0.15) is 0 Å². The molecule has 118 valence electrons. The minimum absolute atomic E-state index is 0.807. The molecule has 0 bridgehead atoms. The number of hydrogen-bond acceptors (Lipinski definition) is 2. The first-order valence-corrected chi connectivity index (χ1v) is 8.25. The van der Waals surface area contributed by atoms with E-state index in [9.17, 15) is 0 Å². The maximum absolute atomic E-state index is 4.47. The number of aromatic nitrogens is 3. The van der Waals surface area contributed by atoms with E-state index in [0.717, 1.165) is 30.9 Å². The molecule has 1 heterocycles. The highest BCUT2D eigenvalue weighted by atomic mass is 15.3. The highest BCUT2D eigenvalue weighted by molar-refractivity contribution is 5.71. The third-order valence-corrected chi connectivity index (χ3v) is 4.38. The van der Waals surface area contributed by atoms with E-state index in [0.29, 0.717) is 0 Å². The molecule has 0 N–H and O–H groups in total. The van der Waals surface area contributed by atoms with Crippen molar-refractivity contribution < 1.29 is 0 Å². The molecule has 23 heavy (non-hydrogen) atoms. The first kappa shape index (κ1) is 15.5. The lowest BCUT2D eigenvalue weighted by Crippen LogP contribution is -2.09.